The number of nitrogens with one attached hydrogen (secondary N) is 2. The van der Waals surface area contributed by atoms with Gasteiger partial charge in [-0.25, -0.2) is 0 Å². The molecule has 0 saturated carbocycles. The SMILES string of the molecule is CC(C)C(=O)N1CCCC1C(=O)N1CCCC(CNC(=O)C2CCCN2)C1. The van der Waals surface area contributed by atoms with Gasteiger partial charge in [-0.3, -0.25) is 14.4 Å². The maximum atomic E-state index is 13.1. The lowest BCUT2D eigenvalue weighted by Crippen LogP contribution is -2.52. The molecule has 2 N–H and O–H groups in total. The Morgan fingerprint density at radius 2 is 1.85 bits per heavy atom. The molecule has 152 valence electrons. The topological polar surface area (TPSA) is 81.8 Å². The number of carbonyl (C=O) groups excluding carboxylic acids is 3. The Kier molecular flexibility index (Phi) is 6.73. The van der Waals surface area contributed by atoms with E-state index < -0.39 is 0 Å². The molecule has 0 aromatic rings. The average Bonchev–Trinajstić information content (AvgIpc) is 3.36. The zero-order valence-corrected chi connectivity index (χ0v) is 16.7. The molecule has 3 saturated heterocycles. The predicted octanol–water partition coefficient (Wildman–Crippen LogP) is 0.740. The third-order valence-electron chi connectivity index (χ3n) is 6.09. The van der Waals surface area contributed by atoms with Crippen molar-refractivity contribution in [1.29, 1.82) is 0 Å². The third kappa shape index (κ3) is 4.81. The number of rotatable bonds is 5. The normalized spacial score (nSPS) is 28.6. The Labute approximate surface area is 162 Å². The quantitative estimate of drug-likeness (QED) is 0.739. The molecule has 0 aromatic heterocycles. The second kappa shape index (κ2) is 9.04. The molecule has 3 amide bonds. The van der Waals surface area contributed by atoms with Crippen LogP contribution in [0.2, 0.25) is 0 Å². The zero-order valence-electron chi connectivity index (χ0n) is 16.7. The Balaban J connectivity index is 1.51. The molecule has 3 atom stereocenters. The van der Waals surface area contributed by atoms with Gasteiger partial charge in [0.2, 0.25) is 17.7 Å². The highest BCUT2D eigenvalue weighted by Gasteiger charge is 2.38. The van der Waals surface area contributed by atoms with E-state index in [0.717, 1.165) is 51.6 Å². The molecular weight excluding hydrogens is 344 g/mol. The smallest absolute Gasteiger partial charge is 0.245 e. The van der Waals surface area contributed by atoms with Gasteiger partial charge in [0.25, 0.3) is 0 Å². The minimum Gasteiger partial charge on any atom is -0.354 e. The fourth-order valence-corrected chi connectivity index (χ4v) is 4.54. The lowest BCUT2D eigenvalue weighted by molar-refractivity contribution is -0.146. The van der Waals surface area contributed by atoms with Crippen LogP contribution in [0.5, 0.6) is 0 Å². The zero-order chi connectivity index (χ0) is 19.4. The van der Waals surface area contributed by atoms with Crippen molar-refractivity contribution >= 4 is 17.7 Å². The van der Waals surface area contributed by atoms with Crippen molar-refractivity contribution in [2.24, 2.45) is 11.8 Å². The Morgan fingerprint density at radius 3 is 2.56 bits per heavy atom. The molecule has 7 heteroatoms. The van der Waals surface area contributed by atoms with E-state index in [0.29, 0.717) is 25.6 Å². The van der Waals surface area contributed by atoms with Crippen LogP contribution < -0.4 is 10.6 Å². The first-order valence-electron chi connectivity index (χ1n) is 10.6. The second-order valence-electron chi connectivity index (χ2n) is 8.53. The van der Waals surface area contributed by atoms with Crippen LogP contribution in [0.1, 0.15) is 52.4 Å². The summed E-state index contributed by atoms with van der Waals surface area (Å²) in [6.45, 7) is 7.44. The number of piperidine rings is 1. The van der Waals surface area contributed by atoms with Crippen molar-refractivity contribution in [2.45, 2.75) is 64.5 Å². The maximum Gasteiger partial charge on any atom is 0.245 e. The monoisotopic (exact) mass is 378 g/mol. The summed E-state index contributed by atoms with van der Waals surface area (Å²) in [6, 6.07) is -0.351. The highest BCUT2D eigenvalue weighted by molar-refractivity contribution is 5.89. The van der Waals surface area contributed by atoms with E-state index in [9.17, 15) is 14.4 Å². The molecule has 3 heterocycles. The molecule has 3 aliphatic heterocycles. The number of hydrogen-bond acceptors (Lipinski definition) is 4. The van der Waals surface area contributed by atoms with Gasteiger partial charge in [0.05, 0.1) is 6.04 Å². The largest absolute Gasteiger partial charge is 0.354 e. The molecule has 0 aliphatic carbocycles. The summed E-state index contributed by atoms with van der Waals surface area (Å²) in [7, 11) is 0. The molecule has 0 aromatic carbocycles. The molecule has 7 nitrogen and oxygen atoms in total. The maximum absolute atomic E-state index is 13.1. The summed E-state index contributed by atoms with van der Waals surface area (Å²) >= 11 is 0. The molecule has 3 rings (SSSR count). The summed E-state index contributed by atoms with van der Waals surface area (Å²) in [6.07, 6.45) is 5.61. The van der Waals surface area contributed by atoms with E-state index in [1.54, 1.807) is 4.90 Å². The van der Waals surface area contributed by atoms with Crippen molar-refractivity contribution in [3.8, 4) is 0 Å². The van der Waals surface area contributed by atoms with Gasteiger partial charge in [0.15, 0.2) is 0 Å². The van der Waals surface area contributed by atoms with Crippen LogP contribution in [-0.4, -0.2) is 72.3 Å². The first kappa shape index (κ1) is 20.1. The molecule has 0 spiro atoms. The van der Waals surface area contributed by atoms with E-state index in [1.165, 1.54) is 0 Å². The molecule has 3 aliphatic rings. The van der Waals surface area contributed by atoms with Gasteiger partial charge < -0.3 is 20.4 Å². The van der Waals surface area contributed by atoms with Gasteiger partial charge in [-0.2, -0.15) is 0 Å². The first-order valence-corrected chi connectivity index (χ1v) is 10.6. The fourth-order valence-electron chi connectivity index (χ4n) is 4.54. The summed E-state index contributed by atoms with van der Waals surface area (Å²) < 4.78 is 0. The van der Waals surface area contributed by atoms with Crippen LogP contribution in [0, 0.1) is 11.8 Å². The van der Waals surface area contributed by atoms with Crippen molar-refractivity contribution in [3.63, 3.8) is 0 Å². The summed E-state index contributed by atoms with van der Waals surface area (Å²) in [4.78, 5) is 41.4. The van der Waals surface area contributed by atoms with E-state index in [-0.39, 0.29) is 35.7 Å². The third-order valence-corrected chi connectivity index (χ3v) is 6.09. The summed E-state index contributed by atoms with van der Waals surface area (Å²) in [5.74, 6) is 0.474. The number of likely N-dealkylation sites (tertiary alicyclic amines) is 2. The highest BCUT2D eigenvalue weighted by atomic mass is 16.2. The van der Waals surface area contributed by atoms with E-state index in [1.807, 2.05) is 18.7 Å². The lowest BCUT2D eigenvalue weighted by Gasteiger charge is -2.36. The Morgan fingerprint density at radius 1 is 1.07 bits per heavy atom. The second-order valence-corrected chi connectivity index (χ2v) is 8.53. The van der Waals surface area contributed by atoms with E-state index in [4.69, 9.17) is 0 Å². The first-order chi connectivity index (χ1) is 13.0. The number of hydrogen-bond donors (Lipinski definition) is 2. The van der Waals surface area contributed by atoms with Gasteiger partial charge in [-0.15, -0.1) is 0 Å². The average molecular weight is 379 g/mol. The van der Waals surface area contributed by atoms with Crippen molar-refractivity contribution in [3.05, 3.63) is 0 Å². The van der Waals surface area contributed by atoms with Crippen LogP contribution >= 0.6 is 0 Å². The van der Waals surface area contributed by atoms with Crippen molar-refractivity contribution in [1.82, 2.24) is 20.4 Å². The molecule has 27 heavy (non-hydrogen) atoms. The minimum atomic E-state index is -0.295. The van der Waals surface area contributed by atoms with Gasteiger partial charge in [-0.1, -0.05) is 13.8 Å². The van der Waals surface area contributed by atoms with Crippen molar-refractivity contribution < 1.29 is 14.4 Å². The van der Waals surface area contributed by atoms with E-state index >= 15 is 0 Å². The predicted molar refractivity (Wildman–Crippen MR) is 103 cm³/mol. The van der Waals surface area contributed by atoms with Crippen LogP contribution in [0.3, 0.4) is 0 Å². The Hall–Kier alpha value is -1.63. The number of nitrogens with zero attached hydrogens (tertiary/aromatic N) is 2. The fraction of sp³-hybridized carbons (Fsp3) is 0.850. The number of carbonyl (C=O) groups is 3. The van der Waals surface area contributed by atoms with Crippen LogP contribution in [0.15, 0.2) is 0 Å². The van der Waals surface area contributed by atoms with Crippen LogP contribution in [0.25, 0.3) is 0 Å². The molecule has 3 unspecified atom stereocenters. The van der Waals surface area contributed by atoms with E-state index in [2.05, 4.69) is 10.6 Å². The summed E-state index contributed by atoms with van der Waals surface area (Å²) in [5, 5.41) is 6.28. The standard InChI is InChI=1S/C20H34N4O3/c1-14(2)19(26)24-11-5-8-17(24)20(27)23-10-4-6-15(13-23)12-22-18(25)16-7-3-9-21-16/h14-17,21H,3-13H2,1-2H3,(H,22,25). The molecule has 0 bridgehead atoms. The Bertz CT molecular complexity index is 559. The van der Waals surface area contributed by atoms with Gasteiger partial charge >= 0.3 is 0 Å². The summed E-state index contributed by atoms with van der Waals surface area (Å²) in [5.41, 5.74) is 0. The van der Waals surface area contributed by atoms with Gasteiger partial charge in [0.1, 0.15) is 6.04 Å². The van der Waals surface area contributed by atoms with Crippen LogP contribution in [0.4, 0.5) is 0 Å². The minimum absolute atomic E-state index is 0.0552. The van der Waals surface area contributed by atoms with Crippen LogP contribution in [-0.2, 0) is 14.4 Å². The highest BCUT2D eigenvalue weighted by Crippen LogP contribution is 2.24. The van der Waals surface area contributed by atoms with Crippen molar-refractivity contribution in [2.75, 3.05) is 32.7 Å². The molecule has 0 radical (unpaired) electrons. The van der Waals surface area contributed by atoms with Gasteiger partial charge in [0, 0.05) is 32.1 Å². The van der Waals surface area contributed by atoms with Gasteiger partial charge in [-0.05, 0) is 51.0 Å². The number of amides is 3. The molecular formula is C20H34N4O3. The molecule has 3 fully saturated rings. The lowest BCUT2D eigenvalue weighted by atomic mass is 9.96.